The fourth-order valence-corrected chi connectivity index (χ4v) is 2.77. The number of nitrogens with zero attached hydrogens (tertiary/aromatic N) is 3. The first-order valence-corrected chi connectivity index (χ1v) is 8.33. The summed E-state index contributed by atoms with van der Waals surface area (Å²) in [7, 11) is 0. The third-order valence-electron chi connectivity index (χ3n) is 4.19. The van der Waals surface area contributed by atoms with Crippen molar-refractivity contribution in [2.24, 2.45) is 0 Å². The quantitative estimate of drug-likeness (QED) is 0.822. The van der Waals surface area contributed by atoms with Crippen molar-refractivity contribution in [3.63, 3.8) is 0 Å². The predicted octanol–water partition coefficient (Wildman–Crippen LogP) is 3.03. The van der Waals surface area contributed by atoms with Gasteiger partial charge in [-0.15, -0.1) is 5.10 Å². The van der Waals surface area contributed by atoms with Gasteiger partial charge in [0.15, 0.2) is 0 Å². The molecule has 1 aliphatic heterocycles. The van der Waals surface area contributed by atoms with E-state index in [1.165, 1.54) is 4.90 Å². The Morgan fingerprint density at radius 3 is 2.69 bits per heavy atom. The largest absolute Gasteiger partial charge is 0.403 e. The van der Waals surface area contributed by atoms with Gasteiger partial charge >= 0.3 is 12.6 Å². The van der Waals surface area contributed by atoms with Crippen molar-refractivity contribution >= 4 is 23.5 Å². The van der Waals surface area contributed by atoms with Crippen LogP contribution < -0.4 is 5.32 Å². The lowest BCUT2D eigenvalue weighted by Crippen LogP contribution is -2.64. The van der Waals surface area contributed by atoms with E-state index in [9.17, 15) is 13.6 Å². The highest BCUT2D eigenvalue weighted by Crippen LogP contribution is 2.25. The molecule has 1 fully saturated rings. The molecule has 0 radical (unpaired) electrons. The zero-order chi connectivity index (χ0) is 18.8. The molecule has 0 unspecified atom stereocenters. The Balaban J connectivity index is 1.58. The summed E-state index contributed by atoms with van der Waals surface area (Å²) in [6, 6.07) is 5.87. The number of carbonyl (C=O) groups excluding carboxylic acids is 1. The Morgan fingerprint density at radius 2 is 2.08 bits per heavy atom. The van der Waals surface area contributed by atoms with Crippen LogP contribution in [0.15, 0.2) is 28.7 Å². The minimum absolute atomic E-state index is 0.0874. The molecular formula is C16H17ClF2N4O3. The number of nitrogens with one attached hydrogen (secondary N) is 1. The third-order valence-corrected chi connectivity index (χ3v) is 4.45. The molecule has 1 aromatic carbocycles. The molecule has 1 aromatic heterocycles. The third kappa shape index (κ3) is 3.94. The van der Waals surface area contributed by atoms with E-state index in [-0.39, 0.29) is 24.4 Å². The maximum atomic E-state index is 12.4. The summed E-state index contributed by atoms with van der Waals surface area (Å²) in [4.78, 5) is 13.9. The lowest BCUT2D eigenvalue weighted by Gasteiger charge is -2.46. The number of aromatic nitrogens is 2. The van der Waals surface area contributed by atoms with Crippen LogP contribution in [0.5, 0.6) is 0 Å². The van der Waals surface area contributed by atoms with Gasteiger partial charge in [0.25, 0.3) is 0 Å². The number of halogens is 3. The van der Waals surface area contributed by atoms with Crippen LogP contribution in [0.25, 0.3) is 11.5 Å². The molecule has 0 bridgehead atoms. The monoisotopic (exact) mass is 386 g/mol. The van der Waals surface area contributed by atoms with Gasteiger partial charge in [-0.2, -0.15) is 8.78 Å². The van der Waals surface area contributed by atoms with E-state index in [0.717, 1.165) is 0 Å². The molecule has 0 aliphatic carbocycles. The molecule has 2 heterocycles. The smallest absolute Gasteiger partial charge is 0.345 e. The van der Waals surface area contributed by atoms with Crippen molar-refractivity contribution in [3.8, 4) is 11.5 Å². The van der Waals surface area contributed by atoms with Gasteiger partial charge in [0.05, 0.1) is 6.04 Å². The van der Waals surface area contributed by atoms with Gasteiger partial charge in [0, 0.05) is 17.1 Å². The first kappa shape index (κ1) is 18.5. The number of alkyl halides is 2. The number of hydrogen-bond acceptors (Lipinski definition) is 6. The van der Waals surface area contributed by atoms with Gasteiger partial charge in [-0.05, 0) is 38.1 Å². The zero-order valence-corrected chi connectivity index (χ0v) is 14.8. The molecule has 0 spiro atoms. The normalized spacial score (nSPS) is 20.8. The number of rotatable bonds is 6. The lowest BCUT2D eigenvalue weighted by molar-refractivity contribution is -0.215. The highest BCUT2D eigenvalue weighted by molar-refractivity contribution is 6.30. The van der Waals surface area contributed by atoms with E-state index in [2.05, 4.69) is 20.3 Å². The van der Waals surface area contributed by atoms with Crippen molar-refractivity contribution in [1.29, 1.82) is 0 Å². The van der Waals surface area contributed by atoms with Crippen LogP contribution in [0, 0.1) is 0 Å². The molecule has 2 aromatic rings. The minimum atomic E-state index is -2.85. The summed E-state index contributed by atoms with van der Waals surface area (Å²) in [5.74, 6) is 0.0180. The maximum Gasteiger partial charge on any atom is 0.345 e. The van der Waals surface area contributed by atoms with Gasteiger partial charge < -0.3 is 19.4 Å². The molecular weight excluding hydrogens is 370 g/mol. The molecule has 3 rings (SSSR count). The topological polar surface area (TPSA) is 80.5 Å². The fraction of sp³-hybridized carbons (Fsp3) is 0.438. The molecule has 26 heavy (non-hydrogen) atoms. The van der Waals surface area contributed by atoms with Crippen molar-refractivity contribution < 1.29 is 22.7 Å². The lowest BCUT2D eigenvalue weighted by atomic mass is 10.00. The first-order valence-electron chi connectivity index (χ1n) is 7.95. The molecule has 1 saturated heterocycles. The molecule has 0 saturated carbocycles. The molecule has 1 N–H and O–H groups in total. The van der Waals surface area contributed by atoms with Gasteiger partial charge in [-0.25, -0.2) is 0 Å². The van der Waals surface area contributed by atoms with Gasteiger partial charge in [-0.3, -0.25) is 4.79 Å². The highest BCUT2D eigenvalue weighted by atomic mass is 35.5. The Labute approximate surface area is 153 Å². The zero-order valence-electron chi connectivity index (χ0n) is 14.0. The van der Waals surface area contributed by atoms with Crippen LogP contribution in [-0.4, -0.2) is 52.3 Å². The van der Waals surface area contributed by atoms with Crippen LogP contribution in [0.4, 0.5) is 14.8 Å². The summed E-state index contributed by atoms with van der Waals surface area (Å²) < 4.78 is 34.4. The summed E-state index contributed by atoms with van der Waals surface area (Å²) in [6.07, 6.45) is -0.661. The Hall–Kier alpha value is -2.26. The van der Waals surface area contributed by atoms with E-state index in [0.29, 0.717) is 10.6 Å². The molecule has 140 valence electrons. The van der Waals surface area contributed by atoms with E-state index in [1.54, 1.807) is 38.1 Å². The Kier molecular flexibility index (Phi) is 5.38. The number of likely N-dealkylation sites (tertiary alicyclic amines) is 1. The molecule has 1 aliphatic rings. The number of hydrogen-bond donors (Lipinski definition) is 1. The standard InChI is InChI=1S/C16H17ClF2N4O3/c1-8(14(24)23-7-12(9(23)2)25-15(18)19)20-16-22-21-13(26-16)10-3-5-11(17)6-4-10/h3-6,8-9,12,15H,7H2,1-2H3,(H,20,22)/t8-,9+,12+/m1/s1. The van der Waals surface area contributed by atoms with Crippen LogP contribution in [0.3, 0.4) is 0 Å². The number of carbonyl (C=O) groups is 1. The summed E-state index contributed by atoms with van der Waals surface area (Å²) in [5.41, 5.74) is 0.692. The first-order chi connectivity index (χ1) is 12.3. The summed E-state index contributed by atoms with van der Waals surface area (Å²) >= 11 is 5.84. The van der Waals surface area contributed by atoms with Crippen molar-refractivity contribution in [2.45, 2.75) is 38.6 Å². The predicted molar refractivity (Wildman–Crippen MR) is 89.9 cm³/mol. The van der Waals surface area contributed by atoms with Crippen molar-refractivity contribution in [1.82, 2.24) is 15.1 Å². The van der Waals surface area contributed by atoms with E-state index < -0.39 is 24.8 Å². The minimum Gasteiger partial charge on any atom is -0.403 e. The Morgan fingerprint density at radius 1 is 1.38 bits per heavy atom. The van der Waals surface area contributed by atoms with Gasteiger partial charge in [-0.1, -0.05) is 16.7 Å². The summed E-state index contributed by atoms with van der Waals surface area (Å²) in [5, 5.41) is 11.2. The molecule has 3 atom stereocenters. The maximum absolute atomic E-state index is 12.4. The molecule has 10 heteroatoms. The average Bonchev–Trinajstić information content (AvgIpc) is 3.06. The van der Waals surface area contributed by atoms with Gasteiger partial charge in [0.2, 0.25) is 11.8 Å². The van der Waals surface area contributed by atoms with Gasteiger partial charge in [0.1, 0.15) is 12.1 Å². The molecule has 7 nitrogen and oxygen atoms in total. The van der Waals surface area contributed by atoms with Crippen molar-refractivity contribution in [3.05, 3.63) is 29.3 Å². The Bertz CT molecular complexity index is 771. The van der Waals surface area contributed by atoms with E-state index in [4.69, 9.17) is 16.0 Å². The van der Waals surface area contributed by atoms with Crippen LogP contribution in [-0.2, 0) is 9.53 Å². The SMILES string of the molecule is C[C@@H](Nc1nnc(-c2ccc(Cl)cc2)o1)C(=O)N1C[C@H](OC(F)F)[C@@H]1C. The van der Waals surface area contributed by atoms with E-state index >= 15 is 0 Å². The number of amides is 1. The number of ether oxygens (including phenoxy) is 1. The van der Waals surface area contributed by atoms with Crippen LogP contribution in [0.1, 0.15) is 13.8 Å². The summed E-state index contributed by atoms with van der Waals surface area (Å²) in [6.45, 7) is 0.561. The second-order valence-electron chi connectivity index (χ2n) is 5.95. The fourth-order valence-electron chi connectivity index (χ4n) is 2.64. The highest BCUT2D eigenvalue weighted by Gasteiger charge is 2.42. The second-order valence-corrected chi connectivity index (χ2v) is 6.39. The van der Waals surface area contributed by atoms with Crippen LogP contribution in [0.2, 0.25) is 5.02 Å². The molecule has 1 amide bonds. The number of benzene rings is 1. The van der Waals surface area contributed by atoms with Crippen LogP contribution >= 0.6 is 11.6 Å². The average molecular weight is 387 g/mol. The van der Waals surface area contributed by atoms with E-state index in [1.807, 2.05) is 0 Å². The number of anilines is 1. The van der Waals surface area contributed by atoms with Crippen molar-refractivity contribution in [2.75, 3.05) is 11.9 Å². The second kappa shape index (κ2) is 7.55.